The second kappa shape index (κ2) is 10.7. The number of rotatable bonds is 2. The fourth-order valence-corrected chi connectivity index (χ4v) is 6.27. The number of aliphatic hydroxyl groups excluding tert-OH is 1. The second-order valence-corrected chi connectivity index (χ2v) is 8.93. The largest absolute Gasteiger partial charge is 0.396 e. The van der Waals surface area contributed by atoms with Gasteiger partial charge in [-0.3, -0.25) is 4.98 Å². The van der Waals surface area contributed by atoms with Crippen molar-refractivity contribution in [1.82, 2.24) is 4.98 Å². The number of hydrogen-bond donors (Lipinski definition) is 2. The number of pyridine rings is 1. The fourth-order valence-electron chi connectivity index (χ4n) is 6.27. The number of nitrogens with zero attached hydrogens (tertiary/aromatic N) is 1. The zero-order valence-electron chi connectivity index (χ0n) is 18.3. The van der Waals surface area contributed by atoms with Gasteiger partial charge in [0.15, 0.2) is 0 Å². The summed E-state index contributed by atoms with van der Waals surface area (Å²) < 4.78 is 0. The lowest BCUT2D eigenvalue weighted by Gasteiger charge is -2.52. The molecule has 4 rings (SSSR count). The van der Waals surface area contributed by atoms with Crippen LogP contribution < -0.4 is 5.73 Å². The van der Waals surface area contributed by atoms with Gasteiger partial charge in [-0.2, -0.15) is 0 Å². The van der Waals surface area contributed by atoms with E-state index in [2.05, 4.69) is 31.7 Å². The second-order valence-electron chi connectivity index (χ2n) is 8.93. The molecule has 0 aromatic carbocycles. The Kier molecular flexibility index (Phi) is 9.62. The van der Waals surface area contributed by atoms with Crippen molar-refractivity contribution in [1.29, 1.82) is 0 Å². The van der Waals surface area contributed by atoms with Crippen molar-refractivity contribution >= 4 is 0 Å². The first-order valence-electron chi connectivity index (χ1n) is 11.2. The Bertz CT molecular complexity index is 590. The Morgan fingerprint density at radius 3 is 2.50 bits per heavy atom. The Morgan fingerprint density at radius 1 is 1.11 bits per heavy atom. The summed E-state index contributed by atoms with van der Waals surface area (Å²) in [5, 5.41) is 9.93. The van der Waals surface area contributed by atoms with E-state index in [1.165, 1.54) is 69.7 Å². The lowest BCUT2D eigenvalue weighted by atomic mass is 9.53. The van der Waals surface area contributed by atoms with Crippen LogP contribution in [-0.4, -0.2) is 23.7 Å². The molecule has 0 amide bonds. The summed E-state index contributed by atoms with van der Waals surface area (Å²) in [6.45, 7) is 9.33. The van der Waals surface area contributed by atoms with Gasteiger partial charge < -0.3 is 10.8 Å². The molecule has 0 saturated heterocycles. The first kappa shape index (κ1) is 25.1. The van der Waals surface area contributed by atoms with E-state index in [4.69, 9.17) is 4.98 Å². The third-order valence-corrected chi connectivity index (χ3v) is 7.98. The number of hydrogen-bond acceptors (Lipinski definition) is 3. The molecule has 1 heterocycles. The van der Waals surface area contributed by atoms with Gasteiger partial charge in [-0.1, -0.05) is 54.0 Å². The van der Waals surface area contributed by atoms with E-state index in [0.29, 0.717) is 23.4 Å². The molecule has 0 radical (unpaired) electrons. The van der Waals surface area contributed by atoms with Gasteiger partial charge >= 0.3 is 0 Å². The van der Waals surface area contributed by atoms with Gasteiger partial charge in [0, 0.05) is 23.9 Å². The Hall–Kier alpha value is -0.930. The topological polar surface area (TPSA) is 59.1 Å². The molecule has 162 valence electrons. The van der Waals surface area contributed by atoms with Gasteiger partial charge in [0.2, 0.25) is 0 Å². The van der Waals surface area contributed by atoms with E-state index in [9.17, 15) is 5.11 Å². The molecule has 0 spiro atoms. The van der Waals surface area contributed by atoms with E-state index in [0.717, 1.165) is 11.8 Å². The van der Waals surface area contributed by atoms with Crippen LogP contribution in [-0.2, 0) is 11.8 Å². The van der Waals surface area contributed by atoms with Gasteiger partial charge in [-0.05, 0) is 80.4 Å². The molecule has 3 aliphatic rings. The molecule has 2 saturated carbocycles. The van der Waals surface area contributed by atoms with Crippen LogP contribution in [0.3, 0.4) is 0 Å². The van der Waals surface area contributed by atoms with E-state index in [1.807, 2.05) is 20.0 Å². The highest BCUT2D eigenvalue weighted by Crippen LogP contribution is 2.58. The molecule has 3 N–H and O–H groups in total. The predicted molar refractivity (Wildman–Crippen MR) is 121 cm³/mol. The first-order valence-corrected chi connectivity index (χ1v) is 11.2. The molecule has 3 aliphatic carbocycles. The van der Waals surface area contributed by atoms with E-state index < -0.39 is 0 Å². The standard InChI is InChI=1S/C21H31NO.C2H6.CH5N.CH4/c1-20(9-4-3-7-17(20)14-23)16-8-10-21(2)18(13-16)12-15-6-5-11-22-19(15)21;2*1-2;/h5-6,11,16-18,23H,3-4,7-10,12-14H2,1-2H3;1-2H3;2H2,1H3;1H4. The molecular weight excluding hydrogens is 344 g/mol. The lowest BCUT2D eigenvalue weighted by Crippen LogP contribution is -2.45. The molecular formula is C25H46N2O. The number of aromatic nitrogens is 1. The van der Waals surface area contributed by atoms with Crippen LogP contribution >= 0.6 is 0 Å². The lowest BCUT2D eigenvalue weighted by molar-refractivity contribution is -0.0281. The summed E-state index contributed by atoms with van der Waals surface area (Å²) in [5.41, 5.74) is 8.03. The fraction of sp³-hybridized carbons (Fsp3) is 0.800. The first-order chi connectivity index (χ1) is 13.1. The zero-order chi connectivity index (χ0) is 20.1. The maximum atomic E-state index is 9.93. The monoisotopic (exact) mass is 390 g/mol. The van der Waals surface area contributed by atoms with Crippen LogP contribution in [0.5, 0.6) is 0 Å². The zero-order valence-corrected chi connectivity index (χ0v) is 18.3. The maximum absolute atomic E-state index is 9.93. The van der Waals surface area contributed by atoms with Crippen molar-refractivity contribution < 1.29 is 5.11 Å². The molecule has 0 aliphatic heterocycles. The highest BCUT2D eigenvalue weighted by molar-refractivity contribution is 5.35. The maximum Gasteiger partial charge on any atom is 0.0497 e. The Labute approximate surface area is 174 Å². The average Bonchev–Trinajstić information content (AvgIpc) is 3.03. The van der Waals surface area contributed by atoms with Crippen LogP contribution in [0.2, 0.25) is 0 Å². The molecule has 1 aromatic rings. The molecule has 2 fully saturated rings. The van der Waals surface area contributed by atoms with E-state index in [-0.39, 0.29) is 7.43 Å². The average molecular weight is 391 g/mol. The van der Waals surface area contributed by atoms with E-state index in [1.54, 1.807) is 0 Å². The Balaban J connectivity index is 0.000000739. The molecule has 5 unspecified atom stereocenters. The normalized spacial score (nSPS) is 35.8. The Morgan fingerprint density at radius 2 is 1.82 bits per heavy atom. The summed E-state index contributed by atoms with van der Waals surface area (Å²) in [6.07, 6.45) is 12.3. The number of fused-ring (bicyclic) bond motifs is 3. The van der Waals surface area contributed by atoms with Crippen molar-refractivity contribution in [3.8, 4) is 0 Å². The van der Waals surface area contributed by atoms with Gasteiger partial charge in [0.25, 0.3) is 0 Å². The molecule has 0 bridgehead atoms. The van der Waals surface area contributed by atoms with Crippen LogP contribution in [0.1, 0.15) is 91.3 Å². The molecule has 28 heavy (non-hydrogen) atoms. The van der Waals surface area contributed by atoms with Crippen LogP contribution in [0.15, 0.2) is 18.3 Å². The van der Waals surface area contributed by atoms with Gasteiger partial charge in [0.05, 0.1) is 0 Å². The van der Waals surface area contributed by atoms with Crippen molar-refractivity contribution in [3.05, 3.63) is 29.6 Å². The quantitative estimate of drug-likeness (QED) is 0.677. The van der Waals surface area contributed by atoms with Crippen molar-refractivity contribution in [2.75, 3.05) is 13.7 Å². The third-order valence-electron chi connectivity index (χ3n) is 7.98. The molecule has 1 aromatic heterocycles. The van der Waals surface area contributed by atoms with Crippen LogP contribution in [0.25, 0.3) is 0 Å². The van der Waals surface area contributed by atoms with Gasteiger partial charge in [-0.15, -0.1) is 0 Å². The van der Waals surface area contributed by atoms with Crippen molar-refractivity contribution in [2.24, 2.45) is 28.9 Å². The minimum atomic E-state index is 0. The predicted octanol–water partition coefficient (Wildman–Crippen LogP) is 5.74. The minimum absolute atomic E-state index is 0. The van der Waals surface area contributed by atoms with Gasteiger partial charge in [-0.25, -0.2) is 0 Å². The summed E-state index contributed by atoms with van der Waals surface area (Å²) in [4.78, 5) is 4.76. The highest BCUT2D eigenvalue weighted by atomic mass is 16.3. The van der Waals surface area contributed by atoms with Crippen molar-refractivity contribution in [3.63, 3.8) is 0 Å². The van der Waals surface area contributed by atoms with Crippen LogP contribution in [0, 0.1) is 23.2 Å². The van der Waals surface area contributed by atoms with Crippen LogP contribution in [0.4, 0.5) is 0 Å². The molecule has 3 heteroatoms. The highest BCUT2D eigenvalue weighted by Gasteiger charge is 2.52. The van der Waals surface area contributed by atoms with E-state index >= 15 is 0 Å². The number of nitrogens with two attached hydrogens (primary N) is 1. The number of aliphatic hydroxyl groups is 1. The molecule has 5 atom stereocenters. The van der Waals surface area contributed by atoms with Gasteiger partial charge in [0.1, 0.15) is 0 Å². The summed E-state index contributed by atoms with van der Waals surface area (Å²) in [7, 11) is 1.50. The summed E-state index contributed by atoms with van der Waals surface area (Å²) in [6, 6.07) is 4.39. The smallest absolute Gasteiger partial charge is 0.0497 e. The SMILES string of the molecule is C.CC.CC12CCC(C3(C)CCCCC3CO)CC1Cc1cccnc12.CN. The summed E-state index contributed by atoms with van der Waals surface area (Å²) >= 11 is 0. The molecule has 3 nitrogen and oxygen atoms in total. The minimum Gasteiger partial charge on any atom is -0.396 e. The third kappa shape index (κ3) is 4.31. The summed E-state index contributed by atoms with van der Waals surface area (Å²) in [5.74, 6) is 2.06. The van der Waals surface area contributed by atoms with Crippen molar-refractivity contribution in [2.45, 2.75) is 91.9 Å².